The number of nitriles is 2. The van der Waals surface area contributed by atoms with Gasteiger partial charge in [0, 0.05) is 22.7 Å². The van der Waals surface area contributed by atoms with Crippen molar-refractivity contribution < 1.29 is 9.18 Å². The smallest absolute Gasteiger partial charge is 0.291 e. The number of amides is 2. The van der Waals surface area contributed by atoms with Gasteiger partial charge in [0.2, 0.25) is 0 Å². The van der Waals surface area contributed by atoms with E-state index in [0.717, 1.165) is 16.8 Å². The van der Waals surface area contributed by atoms with Gasteiger partial charge in [0.1, 0.15) is 17.9 Å². The van der Waals surface area contributed by atoms with Gasteiger partial charge in [0.05, 0.1) is 30.1 Å². The molecule has 0 spiro atoms. The number of anilines is 2. The Balaban J connectivity index is 1.79. The van der Waals surface area contributed by atoms with Gasteiger partial charge in [-0.25, -0.2) is 9.18 Å². The van der Waals surface area contributed by atoms with Crippen LogP contribution in [-0.4, -0.2) is 23.6 Å². The van der Waals surface area contributed by atoms with Crippen LogP contribution in [0.25, 0.3) is 10.8 Å². The minimum Gasteiger partial charge on any atom is -0.291 e. The Morgan fingerprint density at radius 2 is 1.96 bits per heavy atom. The lowest BCUT2D eigenvalue weighted by atomic mass is 10.1. The number of benzene rings is 2. The molecule has 6 nitrogen and oxygen atoms in total. The highest BCUT2D eigenvalue weighted by Crippen LogP contribution is 2.33. The first-order valence-corrected chi connectivity index (χ1v) is 8.17. The van der Waals surface area contributed by atoms with Gasteiger partial charge in [-0.15, -0.1) is 0 Å². The lowest BCUT2D eigenvalue weighted by molar-refractivity contribution is 0.255. The maximum absolute atomic E-state index is 14.0. The van der Waals surface area contributed by atoms with E-state index in [0.29, 0.717) is 11.4 Å². The van der Waals surface area contributed by atoms with E-state index >= 15 is 0 Å². The number of halogens is 1. The van der Waals surface area contributed by atoms with Gasteiger partial charge in [-0.2, -0.15) is 10.5 Å². The summed E-state index contributed by atoms with van der Waals surface area (Å²) in [6, 6.07) is 14.1. The summed E-state index contributed by atoms with van der Waals surface area (Å²) in [5.41, 5.74) is 0.728. The molecule has 1 aliphatic rings. The van der Waals surface area contributed by atoms with E-state index in [1.165, 1.54) is 21.9 Å². The number of fused-ring (bicyclic) bond motifs is 1. The third-order valence-electron chi connectivity index (χ3n) is 4.54. The topological polar surface area (TPSA) is 84.0 Å². The fourth-order valence-electron chi connectivity index (χ4n) is 3.24. The molecule has 130 valence electrons. The maximum atomic E-state index is 14.0. The van der Waals surface area contributed by atoms with Gasteiger partial charge in [-0.3, -0.25) is 14.8 Å². The van der Waals surface area contributed by atoms with Crippen molar-refractivity contribution in [2.75, 3.05) is 16.3 Å². The van der Waals surface area contributed by atoms with Crippen LogP contribution in [0.4, 0.5) is 20.6 Å². The van der Waals surface area contributed by atoms with Crippen LogP contribution in [-0.2, 0) is 0 Å². The summed E-state index contributed by atoms with van der Waals surface area (Å²) in [6.45, 7) is 0.0872. The normalized spacial score (nSPS) is 16.4. The van der Waals surface area contributed by atoms with E-state index in [1.54, 1.807) is 18.5 Å². The van der Waals surface area contributed by atoms with Gasteiger partial charge < -0.3 is 0 Å². The molecule has 1 aromatic heterocycles. The Morgan fingerprint density at radius 1 is 1.15 bits per heavy atom. The summed E-state index contributed by atoms with van der Waals surface area (Å²) in [5.74, 6) is -0.707. The zero-order valence-corrected chi connectivity index (χ0v) is 14.0. The van der Waals surface area contributed by atoms with Crippen molar-refractivity contribution in [3.8, 4) is 12.1 Å². The molecule has 7 heteroatoms. The van der Waals surface area contributed by atoms with Crippen LogP contribution in [0.1, 0.15) is 5.56 Å². The highest BCUT2D eigenvalue weighted by atomic mass is 19.1. The number of aromatic nitrogens is 1. The predicted molar refractivity (Wildman–Crippen MR) is 97.5 cm³/mol. The van der Waals surface area contributed by atoms with Gasteiger partial charge >= 0.3 is 6.03 Å². The number of rotatable bonds is 2. The third-order valence-corrected chi connectivity index (χ3v) is 4.54. The van der Waals surface area contributed by atoms with E-state index in [4.69, 9.17) is 5.26 Å². The highest BCUT2D eigenvalue weighted by Gasteiger charge is 2.40. The molecule has 0 radical (unpaired) electrons. The van der Waals surface area contributed by atoms with E-state index in [2.05, 4.69) is 11.1 Å². The first-order chi connectivity index (χ1) is 13.1. The summed E-state index contributed by atoms with van der Waals surface area (Å²) in [4.78, 5) is 20.0. The number of carbonyl (C=O) groups is 1. The van der Waals surface area contributed by atoms with Crippen molar-refractivity contribution in [1.29, 1.82) is 10.5 Å². The second-order valence-electron chi connectivity index (χ2n) is 6.06. The van der Waals surface area contributed by atoms with Crippen LogP contribution in [0.2, 0.25) is 0 Å². The Labute approximate surface area is 154 Å². The van der Waals surface area contributed by atoms with Crippen molar-refractivity contribution in [2.24, 2.45) is 0 Å². The average molecular weight is 357 g/mol. The number of pyridine rings is 1. The molecule has 2 amide bonds. The molecule has 3 aromatic rings. The zero-order valence-electron chi connectivity index (χ0n) is 14.0. The Kier molecular flexibility index (Phi) is 3.91. The second kappa shape index (κ2) is 6.40. The van der Waals surface area contributed by atoms with Crippen LogP contribution >= 0.6 is 0 Å². The molecule has 1 aliphatic heterocycles. The Bertz CT molecular complexity index is 1140. The lowest BCUT2D eigenvalue weighted by Crippen LogP contribution is -2.34. The molecule has 1 atom stereocenters. The minimum absolute atomic E-state index is 0.0872. The molecule has 0 aliphatic carbocycles. The van der Waals surface area contributed by atoms with Crippen molar-refractivity contribution in [1.82, 2.24) is 4.98 Å². The third kappa shape index (κ3) is 2.62. The number of hydrogen-bond acceptors (Lipinski definition) is 4. The Morgan fingerprint density at radius 3 is 2.70 bits per heavy atom. The fraction of sp³-hybridized carbons (Fsp3) is 0.100. The number of carbonyl (C=O) groups excluding carboxylic acids is 1. The fourth-order valence-corrected chi connectivity index (χ4v) is 3.24. The monoisotopic (exact) mass is 357 g/mol. The van der Waals surface area contributed by atoms with E-state index in [1.807, 2.05) is 24.3 Å². The minimum atomic E-state index is -0.746. The molecule has 1 saturated heterocycles. The summed E-state index contributed by atoms with van der Waals surface area (Å²) in [6.07, 6.45) is 3.24. The number of urea groups is 1. The van der Waals surface area contributed by atoms with Crippen molar-refractivity contribution in [3.05, 3.63) is 66.2 Å². The maximum Gasteiger partial charge on any atom is 0.330 e. The van der Waals surface area contributed by atoms with Gasteiger partial charge in [0.25, 0.3) is 0 Å². The first-order valence-electron chi connectivity index (χ1n) is 8.17. The van der Waals surface area contributed by atoms with Gasteiger partial charge in [-0.1, -0.05) is 24.3 Å². The largest absolute Gasteiger partial charge is 0.330 e. The molecule has 0 N–H and O–H groups in total. The van der Waals surface area contributed by atoms with Crippen molar-refractivity contribution in [2.45, 2.75) is 6.04 Å². The summed E-state index contributed by atoms with van der Waals surface area (Å²) >= 11 is 0. The standard InChI is InChI=1S/C20H12FN5O/c21-18-7-15(6-5-13(18)8-22)25-12-16(9-23)26(20(25)27)19-11-24-10-14-3-1-2-4-17(14)19/h1-7,10-11,16H,12H2/t16-/m1/s1. The molecule has 2 heterocycles. The first kappa shape index (κ1) is 16.5. The molecule has 1 fully saturated rings. The molecule has 0 saturated carbocycles. The molecule has 4 rings (SSSR count). The number of nitrogens with zero attached hydrogens (tertiary/aromatic N) is 5. The molecule has 0 bridgehead atoms. The van der Waals surface area contributed by atoms with Crippen molar-refractivity contribution in [3.63, 3.8) is 0 Å². The second-order valence-corrected chi connectivity index (χ2v) is 6.06. The Hall–Kier alpha value is -3.97. The summed E-state index contributed by atoms with van der Waals surface area (Å²) in [7, 11) is 0. The lowest BCUT2D eigenvalue weighted by Gasteiger charge is -2.21. The van der Waals surface area contributed by atoms with Gasteiger partial charge in [-0.05, 0) is 18.2 Å². The summed E-state index contributed by atoms with van der Waals surface area (Å²) in [5, 5.41) is 20.1. The van der Waals surface area contributed by atoms with Gasteiger partial charge in [0.15, 0.2) is 0 Å². The molecule has 0 unspecified atom stereocenters. The molecule has 27 heavy (non-hydrogen) atoms. The van der Waals surface area contributed by atoms with Crippen LogP contribution in [0.5, 0.6) is 0 Å². The van der Waals surface area contributed by atoms with Crippen LogP contribution in [0.15, 0.2) is 54.9 Å². The molecular formula is C20H12FN5O. The highest BCUT2D eigenvalue weighted by molar-refractivity contribution is 6.11. The molecular weight excluding hydrogens is 345 g/mol. The van der Waals surface area contributed by atoms with Crippen LogP contribution < -0.4 is 9.80 Å². The summed E-state index contributed by atoms with van der Waals surface area (Å²) < 4.78 is 14.0. The average Bonchev–Trinajstić information content (AvgIpc) is 3.03. The van der Waals surface area contributed by atoms with E-state index < -0.39 is 17.9 Å². The predicted octanol–water partition coefficient (Wildman–Crippen LogP) is 3.58. The van der Waals surface area contributed by atoms with E-state index in [9.17, 15) is 14.4 Å². The van der Waals surface area contributed by atoms with Crippen LogP contribution in [0.3, 0.4) is 0 Å². The number of hydrogen-bond donors (Lipinski definition) is 0. The SMILES string of the molecule is N#Cc1ccc(N2C[C@@H](C#N)N(c3cncc4ccccc34)C2=O)cc1F. The molecule has 2 aromatic carbocycles. The van der Waals surface area contributed by atoms with Crippen molar-refractivity contribution >= 4 is 28.2 Å². The zero-order chi connectivity index (χ0) is 19.0. The quantitative estimate of drug-likeness (QED) is 0.702. The van der Waals surface area contributed by atoms with E-state index in [-0.39, 0.29) is 12.1 Å². The van der Waals surface area contributed by atoms with Crippen LogP contribution in [0, 0.1) is 28.5 Å².